The van der Waals surface area contributed by atoms with Gasteiger partial charge in [-0.1, -0.05) is 97.1 Å². The summed E-state index contributed by atoms with van der Waals surface area (Å²) in [6.45, 7) is 0. The number of anilines is 1. The number of rotatable bonds is 3. The lowest BCUT2D eigenvalue weighted by Crippen LogP contribution is -2.20. The second-order valence-corrected chi connectivity index (χ2v) is 10.8. The van der Waals surface area contributed by atoms with Gasteiger partial charge < -0.3 is 14.3 Å². The van der Waals surface area contributed by atoms with Crippen LogP contribution in [0.4, 0.5) is 5.69 Å². The van der Waals surface area contributed by atoms with E-state index >= 15 is 0 Å². The summed E-state index contributed by atoms with van der Waals surface area (Å²) in [6, 6.07) is 48.8. The van der Waals surface area contributed by atoms with Gasteiger partial charge in [0.15, 0.2) is 0 Å². The summed E-state index contributed by atoms with van der Waals surface area (Å²) < 4.78 is 8.87. The van der Waals surface area contributed by atoms with Gasteiger partial charge in [0.05, 0.1) is 16.7 Å². The first kappa shape index (κ1) is 23.1. The number of aliphatic imine (C=N–C) groups is 1. The molecule has 1 aliphatic heterocycles. The van der Waals surface area contributed by atoms with Crippen LogP contribution in [-0.4, -0.2) is 10.3 Å². The lowest BCUT2D eigenvalue weighted by molar-refractivity contribution is 0.668. The van der Waals surface area contributed by atoms with Crippen molar-refractivity contribution in [3.63, 3.8) is 0 Å². The summed E-state index contributed by atoms with van der Waals surface area (Å²) >= 11 is 0. The summed E-state index contributed by atoms with van der Waals surface area (Å²) in [6.07, 6.45) is -0.253. The number of furan rings is 1. The molecule has 8 aromatic rings. The van der Waals surface area contributed by atoms with Crippen molar-refractivity contribution in [2.45, 2.75) is 6.17 Å². The molecule has 0 radical (unpaired) electrons. The number of para-hydroxylation sites is 3. The molecule has 4 nitrogen and oxygen atoms in total. The molecule has 0 fully saturated rings. The van der Waals surface area contributed by atoms with Gasteiger partial charge in [-0.25, -0.2) is 0 Å². The standard InChI is InChI=1S/C38H25N3O/c1-2-11-24(12-3-1)37-28-15-4-7-17-31(28)39-38(40-37)30-16-10-20-34-36(30)29-22-21-25(23-35(29)42-34)41-32-18-8-5-13-26(32)27-14-6-9-19-33(27)41/h1-23,38-39H. The average Bonchev–Trinajstić information content (AvgIpc) is 3.60. The number of hydrogen-bond acceptors (Lipinski definition) is 3. The van der Waals surface area contributed by atoms with Crippen LogP contribution in [0.1, 0.15) is 22.9 Å². The molecule has 2 aromatic heterocycles. The van der Waals surface area contributed by atoms with Gasteiger partial charge >= 0.3 is 0 Å². The Morgan fingerprint density at radius 2 is 1.31 bits per heavy atom. The Morgan fingerprint density at radius 1 is 0.595 bits per heavy atom. The van der Waals surface area contributed by atoms with Crippen LogP contribution in [0.2, 0.25) is 0 Å². The Morgan fingerprint density at radius 3 is 2.12 bits per heavy atom. The Labute approximate surface area is 242 Å². The van der Waals surface area contributed by atoms with Crippen molar-refractivity contribution in [1.82, 2.24) is 4.57 Å². The van der Waals surface area contributed by atoms with Crippen LogP contribution >= 0.6 is 0 Å². The van der Waals surface area contributed by atoms with Crippen LogP contribution in [0.25, 0.3) is 49.4 Å². The number of fused-ring (bicyclic) bond motifs is 7. The minimum Gasteiger partial charge on any atom is -0.456 e. The topological polar surface area (TPSA) is 42.5 Å². The summed E-state index contributed by atoms with van der Waals surface area (Å²) in [5.74, 6) is 0. The first-order chi connectivity index (χ1) is 20.8. The quantitative estimate of drug-likeness (QED) is 0.243. The van der Waals surface area contributed by atoms with E-state index in [2.05, 4.69) is 143 Å². The Hall–Kier alpha value is -5.61. The van der Waals surface area contributed by atoms with Gasteiger partial charge in [-0.15, -0.1) is 0 Å². The molecule has 1 N–H and O–H groups in total. The number of nitrogens with zero attached hydrogens (tertiary/aromatic N) is 2. The van der Waals surface area contributed by atoms with Gasteiger partial charge in [0.1, 0.15) is 17.3 Å². The molecular formula is C38H25N3O. The average molecular weight is 540 g/mol. The summed E-state index contributed by atoms with van der Waals surface area (Å²) in [4.78, 5) is 5.29. The SMILES string of the molecule is c1ccc(C2=NC(c3cccc4oc5cc(-n6c7ccccc7c7ccccc76)ccc5c34)Nc3ccccc32)cc1. The minimum atomic E-state index is -0.253. The van der Waals surface area contributed by atoms with E-state index in [9.17, 15) is 0 Å². The van der Waals surface area contributed by atoms with Gasteiger partial charge in [0.2, 0.25) is 0 Å². The lowest BCUT2D eigenvalue weighted by atomic mass is 9.96. The van der Waals surface area contributed by atoms with E-state index in [0.29, 0.717) is 0 Å². The van der Waals surface area contributed by atoms with Crippen molar-refractivity contribution in [2.24, 2.45) is 4.99 Å². The number of aromatic nitrogens is 1. The Kier molecular flexibility index (Phi) is 4.93. The predicted molar refractivity (Wildman–Crippen MR) is 173 cm³/mol. The van der Waals surface area contributed by atoms with E-state index < -0.39 is 0 Å². The largest absolute Gasteiger partial charge is 0.456 e. The molecule has 0 spiro atoms. The number of nitrogens with one attached hydrogen (secondary N) is 1. The highest BCUT2D eigenvalue weighted by molar-refractivity contribution is 6.17. The number of hydrogen-bond donors (Lipinski definition) is 1. The molecule has 0 saturated heterocycles. The van der Waals surface area contributed by atoms with Crippen LogP contribution in [0.3, 0.4) is 0 Å². The molecular weight excluding hydrogens is 514 g/mol. The summed E-state index contributed by atoms with van der Waals surface area (Å²) in [7, 11) is 0. The maximum absolute atomic E-state index is 6.54. The molecule has 6 aromatic carbocycles. The highest BCUT2D eigenvalue weighted by atomic mass is 16.3. The van der Waals surface area contributed by atoms with Crippen molar-refractivity contribution in [2.75, 3.05) is 5.32 Å². The predicted octanol–water partition coefficient (Wildman–Crippen LogP) is 9.64. The molecule has 4 heteroatoms. The normalized spacial score (nSPS) is 14.8. The van der Waals surface area contributed by atoms with E-state index in [1.807, 2.05) is 6.07 Å². The van der Waals surface area contributed by atoms with E-state index in [0.717, 1.165) is 55.7 Å². The molecule has 0 bridgehead atoms. The molecule has 9 rings (SSSR count). The second-order valence-electron chi connectivity index (χ2n) is 10.8. The zero-order valence-corrected chi connectivity index (χ0v) is 22.7. The van der Waals surface area contributed by atoms with E-state index in [4.69, 9.17) is 9.41 Å². The van der Waals surface area contributed by atoms with Crippen molar-refractivity contribution >= 4 is 55.1 Å². The van der Waals surface area contributed by atoms with Crippen molar-refractivity contribution in [1.29, 1.82) is 0 Å². The summed E-state index contributed by atoms with van der Waals surface area (Å²) in [5, 5.41) is 8.37. The Balaban J connectivity index is 1.23. The van der Waals surface area contributed by atoms with Crippen LogP contribution in [0, 0.1) is 0 Å². The fraction of sp³-hybridized carbons (Fsp3) is 0.0263. The number of benzene rings is 6. The highest BCUT2D eigenvalue weighted by Gasteiger charge is 2.25. The molecule has 198 valence electrons. The molecule has 1 unspecified atom stereocenters. The zero-order valence-electron chi connectivity index (χ0n) is 22.7. The van der Waals surface area contributed by atoms with Crippen LogP contribution in [-0.2, 0) is 0 Å². The monoisotopic (exact) mass is 539 g/mol. The minimum absolute atomic E-state index is 0.253. The van der Waals surface area contributed by atoms with Gasteiger partial charge in [-0.3, -0.25) is 4.99 Å². The first-order valence-corrected chi connectivity index (χ1v) is 14.3. The maximum Gasteiger partial charge on any atom is 0.146 e. The highest BCUT2D eigenvalue weighted by Crippen LogP contribution is 2.40. The fourth-order valence-electron chi connectivity index (χ4n) is 6.58. The van der Waals surface area contributed by atoms with Gasteiger partial charge in [0.25, 0.3) is 0 Å². The third-order valence-corrected chi connectivity index (χ3v) is 8.43. The van der Waals surface area contributed by atoms with Gasteiger partial charge in [-0.05, 0) is 36.4 Å². The molecule has 1 aliphatic rings. The van der Waals surface area contributed by atoms with E-state index in [1.165, 1.54) is 21.8 Å². The molecule has 1 atom stereocenters. The fourth-order valence-corrected chi connectivity index (χ4v) is 6.58. The molecule has 0 aliphatic carbocycles. The van der Waals surface area contributed by atoms with E-state index in [-0.39, 0.29) is 6.17 Å². The van der Waals surface area contributed by atoms with Gasteiger partial charge in [-0.2, -0.15) is 0 Å². The maximum atomic E-state index is 6.54. The second kappa shape index (κ2) is 8.95. The van der Waals surface area contributed by atoms with Crippen LogP contribution in [0.15, 0.2) is 149 Å². The van der Waals surface area contributed by atoms with Crippen molar-refractivity contribution in [3.8, 4) is 5.69 Å². The molecule has 0 amide bonds. The van der Waals surface area contributed by atoms with Crippen molar-refractivity contribution < 1.29 is 4.42 Å². The zero-order chi connectivity index (χ0) is 27.6. The molecule has 3 heterocycles. The van der Waals surface area contributed by atoms with Gasteiger partial charge in [0, 0.05) is 55.7 Å². The Bertz CT molecular complexity index is 2290. The lowest BCUT2D eigenvalue weighted by Gasteiger charge is -2.26. The van der Waals surface area contributed by atoms with Crippen molar-refractivity contribution in [3.05, 3.63) is 156 Å². The summed E-state index contributed by atoms with van der Waals surface area (Å²) in [5.41, 5.74) is 10.6. The first-order valence-electron chi connectivity index (χ1n) is 14.3. The molecule has 0 saturated carbocycles. The molecule has 42 heavy (non-hydrogen) atoms. The third kappa shape index (κ3) is 3.39. The smallest absolute Gasteiger partial charge is 0.146 e. The van der Waals surface area contributed by atoms with Crippen LogP contribution < -0.4 is 5.32 Å². The third-order valence-electron chi connectivity index (χ3n) is 8.43. The van der Waals surface area contributed by atoms with Crippen LogP contribution in [0.5, 0.6) is 0 Å². The van der Waals surface area contributed by atoms with E-state index in [1.54, 1.807) is 0 Å².